The van der Waals surface area contributed by atoms with Crippen molar-refractivity contribution in [3.05, 3.63) is 29.8 Å². The summed E-state index contributed by atoms with van der Waals surface area (Å²) >= 11 is 0. The molecule has 5 saturated carbocycles. The van der Waals surface area contributed by atoms with Gasteiger partial charge in [0.05, 0.1) is 5.41 Å². The molecular weight excluding hydrogens is 366 g/mol. The van der Waals surface area contributed by atoms with Crippen molar-refractivity contribution in [1.82, 2.24) is 10.6 Å². The molecule has 2 unspecified atom stereocenters. The zero-order chi connectivity index (χ0) is 20.2. The van der Waals surface area contributed by atoms with Crippen molar-refractivity contribution in [2.45, 2.75) is 69.9 Å². The third-order valence-corrected chi connectivity index (χ3v) is 7.30. The summed E-state index contributed by atoms with van der Waals surface area (Å²) in [5.41, 5.74) is 0.739. The summed E-state index contributed by atoms with van der Waals surface area (Å²) in [6, 6.07) is 7.49. The average molecular weight is 396 g/mol. The summed E-state index contributed by atoms with van der Waals surface area (Å²) in [5, 5.41) is 9.29. The molecule has 6 nitrogen and oxygen atoms in total. The lowest BCUT2D eigenvalue weighted by Gasteiger charge is -2.61. The largest absolute Gasteiger partial charge is 0.351 e. The highest BCUT2D eigenvalue weighted by Crippen LogP contribution is 2.61. The summed E-state index contributed by atoms with van der Waals surface area (Å²) in [4.78, 5) is 37.3. The van der Waals surface area contributed by atoms with E-state index in [0.717, 1.165) is 50.6 Å². The van der Waals surface area contributed by atoms with Gasteiger partial charge in [-0.15, -0.1) is 0 Å². The van der Waals surface area contributed by atoms with E-state index in [4.69, 9.17) is 0 Å². The highest BCUT2D eigenvalue weighted by Gasteiger charge is 2.60. The number of hydrogen-bond donors (Lipinski definition) is 3. The molecule has 5 fully saturated rings. The first kappa shape index (κ1) is 18.6. The van der Waals surface area contributed by atoms with Crippen LogP contribution in [-0.2, 0) is 9.59 Å². The second-order valence-corrected chi connectivity index (χ2v) is 9.98. The molecule has 6 rings (SSSR count). The van der Waals surface area contributed by atoms with Gasteiger partial charge < -0.3 is 16.0 Å². The number of rotatable bonds is 5. The van der Waals surface area contributed by atoms with E-state index in [2.05, 4.69) is 16.0 Å². The normalized spacial score (nSPS) is 34.5. The van der Waals surface area contributed by atoms with Crippen molar-refractivity contribution >= 4 is 23.4 Å². The summed E-state index contributed by atoms with van der Waals surface area (Å²) in [7, 11) is 0. The third-order valence-electron chi connectivity index (χ3n) is 7.30. The van der Waals surface area contributed by atoms with Crippen molar-refractivity contribution in [3.63, 3.8) is 0 Å². The van der Waals surface area contributed by atoms with Crippen LogP contribution in [0.1, 0.15) is 68.6 Å². The van der Waals surface area contributed by atoms with Gasteiger partial charge in [0.25, 0.3) is 5.91 Å². The summed E-state index contributed by atoms with van der Waals surface area (Å²) in [5.74, 6) is 1.05. The predicted octanol–water partition coefficient (Wildman–Crippen LogP) is 2.99. The van der Waals surface area contributed by atoms with Crippen molar-refractivity contribution < 1.29 is 14.4 Å². The molecule has 0 radical (unpaired) electrons. The Morgan fingerprint density at radius 2 is 1.62 bits per heavy atom. The van der Waals surface area contributed by atoms with Crippen LogP contribution < -0.4 is 16.0 Å². The molecule has 6 heteroatoms. The van der Waals surface area contributed by atoms with Crippen LogP contribution in [0.15, 0.2) is 24.3 Å². The SMILES string of the molecule is CC(=O)NC12CC3CC(C1)CC(C(=O)Nc1ccc(C(=O)NC4CC4)cc1)(C3)C2. The molecule has 1 aromatic rings. The zero-order valence-corrected chi connectivity index (χ0v) is 16.9. The van der Waals surface area contributed by atoms with Crippen LogP contribution in [0.5, 0.6) is 0 Å². The Bertz CT molecular complexity index is 845. The van der Waals surface area contributed by atoms with Gasteiger partial charge in [0.15, 0.2) is 0 Å². The molecule has 3 N–H and O–H groups in total. The molecule has 0 heterocycles. The van der Waals surface area contributed by atoms with Gasteiger partial charge in [-0.25, -0.2) is 0 Å². The fourth-order valence-electron chi connectivity index (χ4n) is 6.51. The molecule has 0 aromatic heterocycles. The number of hydrogen-bond acceptors (Lipinski definition) is 3. The van der Waals surface area contributed by atoms with E-state index in [9.17, 15) is 14.4 Å². The van der Waals surface area contributed by atoms with Crippen LogP contribution in [-0.4, -0.2) is 29.3 Å². The molecule has 3 amide bonds. The van der Waals surface area contributed by atoms with Gasteiger partial charge in [0, 0.05) is 29.8 Å². The Morgan fingerprint density at radius 1 is 0.966 bits per heavy atom. The lowest BCUT2D eigenvalue weighted by atomic mass is 9.46. The molecule has 5 aliphatic carbocycles. The monoisotopic (exact) mass is 395 g/mol. The number of carbonyl (C=O) groups excluding carboxylic acids is 3. The Hall–Kier alpha value is -2.37. The highest BCUT2D eigenvalue weighted by molar-refractivity contribution is 5.98. The van der Waals surface area contributed by atoms with E-state index < -0.39 is 5.41 Å². The Morgan fingerprint density at radius 3 is 2.21 bits per heavy atom. The van der Waals surface area contributed by atoms with Crippen molar-refractivity contribution in [2.24, 2.45) is 17.3 Å². The van der Waals surface area contributed by atoms with E-state index in [1.165, 1.54) is 6.42 Å². The fraction of sp³-hybridized carbons (Fsp3) is 0.609. The van der Waals surface area contributed by atoms with E-state index >= 15 is 0 Å². The van der Waals surface area contributed by atoms with Crippen LogP contribution in [0.3, 0.4) is 0 Å². The molecule has 0 spiro atoms. The predicted molar refractivity (Wildman–Crippen MR) is 109 cm³/mol. The van der Waals surface area contributed by atoms with Crippen LogP contribution in [0.25, 0.3) is 0 Å². The maximum atomic E-state index is 13.4. The minimum atomic E-state index is -0.394. The van der Waals surface area contributed by atoms with Gasteiger partial charge in [-0.05, 0) is 87.5 Å². The van der Waals surface area contributed by atoms with Crippen LogP contribution in [0.2, 0.25) is 0 Å². The fourth-order valence-corrected chi connectivity index (χ4v) is 6.51. The summed E-state index contributed by atoms with van der Waals surface area (Å²) in [6.07, 6.45) is 7.87. The summed E-state index contributed by atoms with van der Waals surface area (Å²) < 4.78 is 0. The summed E-state index contributed by atoms with van der Waals surface area (Å²) in [6.45, 7) is 1.58. The average Bonchev–Trinajstić information content (AvgIpc) is 3.44. The highest BCUT2D eigenvalue weighted by atomic mass is 16.2. The van der Waals surface area contributed by atoms with Crippen LogP contribution >= 0.6 is 0 Å². The quantitative estimate of drug-likeness (QED) is 0.716. The van der Waals surface area contributed by atoms with Gasteiger partial charge >= 0.3 is 0 Å². The van der Waals surface area contributed by atoms with Crippen molar-refractivity contribution in [1.29, 1.82) is 0 Å². The molecular formula is C23H29N3O3. The zero-order valence-electron chi connectivity index (χ0n) is 16.9. The Balaban J connectivity index is 1.30. The smallest absolute Gasteiger partial charge is 0.251 e. The Kier molecular flexibility index (Phi) is 4.23. The van der Waals surface area contributed by atoms with E-state index in [-0.39, 0.29) is 23.3 Å². The molecule has 1 aromatic carbocycles. The Labute approximate surface area is 171 Å². The third kappa shape index (κ3) is 3.53. The maximum absolute atomic E-state index is 13.4. The topological polar surface area (TPSA) is 87.3 Å². The maximum Gasteiger partial charge on any atom is 0.251 e. The van der Waals surface area contributed by atoms with E-state index in [1.54, 1.807) is 19.1 Å². The van der Waals surface area contributed by atoms with Gasteiger partial charge in [-0.2, -0.15) is 0 Å². The number of anilines is 1. The van der Waals surface area contributed by atoms with Crippen molar-refractivity contribution in [3.8, 4) is 0 Å². The number of nitrogens with one attached hydrogen (secondary N) is 3. The van der Waals surface area contributed by atoms with Crippen LogP contribution in [0, 0.1) is 17.3 Å². The number of amides is 3. The second-order valence-electron chi connectivity index (χ2n) is 9.98. The lowest BCUT2D eigenvalue weighted by molar-refractivity contribution is -0.148. The number of carbonyl (C=O) groups is 3. The minimum Gasteiger partial charge on any atom is -0.351 e. The van der Waals surface area contributed by atoms with Gasteiger partial charge in [0.2, 0.25) is 11.8 Å². The van der Waals surface area contributed by atoms with Crippen LogP contribution in [0.4, 0.5) is 5.69 Å². The van der Waals surface area contributed by atoms with Crippen molar-refractivity contribution in [2.75, 3.05) is 5.32 Å². The van der Waals surface area contributed by atoms with E-state index in [0.29, 0.717) is 23.4 Å². The number of benzene rings is 1. The van der Waals surface area contributed by atoms with E-state index in [1.807, 2.05) is 12.1 Å². The molecule has 29 heavy (non-hydrogen) atoms. The minimum absolute atomic E-state index is 0.00238. The molecule has 154 valence electrons. The standard InChI is InChI=1S/C23H29N3O3/c1-14(27)26-23-11-15-8-16(12-23)10-22(9-15,13-23)21(29)25-19-4-2-17(3-5-19)20(28)24-18-6-7-18/h2-5,15-16,18H,6-13H2,1H3,(H,24,28)(H,25,29)(H,26,27). The molecule has 2 atom stereocenters. The first-order valence-corrected chi connectivity index (χ1v) is 10.9. The van der Waals surface area contributed by atoms with Gasteiger partial charge in [0.1, 0.15) is 0 Å². The first-order valence-electron chi connectivity index (χ1n) is 10.9. The van der Waals surface area contributed by atoms with Gasteiger partial charge in [-0.1, -0.05) is 0 Å². The second kappa shape index (κ2) is 6.57. The molecule has 0 saturated heterocycles. The lowest BCUT2D eigenvalue weighted by Crippen LogP contribution is -2.65. The molecule has 4 bridgehead atoms. The molecule has 5 aliphatic rings. The first-order chi connectivity index (χ1) is 13.8. The van der Waals surface area contributed by atoms with Gasteiger partial charge in [-0.3, -0.25) is 14.4 Å². The molecule has 0 aliphatic heterocycles.